The van der Waals surface area contributed by atoms with Gasteiger partial charge in [0.1, 0.15) is 0 Å². The van der Waals surface area contributed by atoms with Crippen LogP contribution >= 0.6 is 0 Å². The first kappa shape index (κ1) is 15.8. The Balaban J connectivity index is -0.0000000800. The number of hydrogen-bond acceptors (Lipinski definition) is 2. The topological polar surface area (TPSA) is 94.8 Å². The fourth-order valence-corrected chi connectivity index (χ4v) is 0. The summed E-state index contributed by atoms with van der Waals surface area (Å²) in [4.78, 5) is 9.24. The minimum absolute atomic E-state index is 0. The van der Waals surface area contributed by atoms with Gasteiger partial charge in [0.25, 0.3) is 0 Å². The Morgan fingerprint density at radius 1 is 1.71 bits per heavy atom. The van der Waals surface area contributed by atoms with Gasteiger partial charge >= 0.3 is 5.97 Å². The molecule has 0 fully saturated rings. The Bertz CT molecular complexity index is 48.2. The largest absolute Gasteiger partial charge is 0.480 e. The number of aliphatic carboxylic acids is 1. The summed E-state index contributed by atoms with van der Waals surface area (Å²) in [6.45, 7) is -0.278. The smallest absolute Gasteiger partial charge is 0.317 e. The molecule has 4 nitrogen and oxygen atoms in total. The van der Waals surface area contributed by atoms with E-state index in [0.717, 1.165) is 0 Å². The maximum Gasteiger partial charge on any atom is 0.317 e. The van der Waals surface area contributed by atoms with E-state index in [0.29, 0.717) is 0 Å². The third-order valence-electron chi connectivity index (χ3n) is 0.175. The number of carbonyl (C=O) groups is 1. The zero-order chi connectivity index (χ0) is 4.28. The molecule has 1 radical (unpaired) electrons. The summed E-state index contributed by atoms with van der Waals surface area (Å²) in [5, 5.41) is 7.60. The monoisotopic (exact) mass is 148 g/mol. The first-order chi connectivity index (χ1) is 2.27. The van der Waals surface area contributed by atoms with E-state index in [-0.39, 0.29) is 29.1 Å². The van der Waals surface area contributed by atoms with Crippen LogP contribution < -0.4 is 5.73 Å². The molecule has 5 N–H and O–H groups in total. The van der Waals surface area contributed by atoms with Crippen molar-refractivity contribution in [2.75, 3.05) is 6.54 Å². The summed E-state index contributed by atoms with van der Waals surface area (Å²) in [7, 11) is 0. The number of hydrogen-bond donors (Lipinski definition) is 2. The summed E-state index contributed by atoms with van der Waals surface area (Å²) < 4.78 is 0. The van der Waals surface area contributed by atoms with Crippen LogP contribution in [0.4, 0.5) is 0 Å². The fourth-order valence-electron chi connectivity index (χ4n) is 0. The van der Waals surface area contributed by atoms with Gasteiger partial charge in [-0.05, 0) is 0 Å². The van der Waals surface area contributed by atoms with Crippen molar-refractivity contribution in [2.45, 2.75) is 0 Å². The average molecular weight is 148 g/mol. The molecule has 5 heteroatoms. The first-order valence-corrected chi connectivity index (χ1v) is 1.19. The maximum atomic E-state index is 9.24. The van der Waals surface area contributed by atoms with Crippen molar-refractivity contribution >= 4 is 5.97 Å². The zero-order valence-electron chi connectivity index (χ0n) is 3.52. The molecule has 0 spiro atoms. The molecule has 0 atom stereocenters. The average Bonchev–Trinajstić information content (AvgIpc) is 1.38. The minimum atomic E-state index is -0.968. The molecule has 0 aromatic heterocycles. The van der Waals surface area contributed by atoms with Crippen molar-refractivity contribution in [2.24, 2.45) is 5.73 Å². The van der Waals surface area contributed by atoms with E-state index in [9.17, 15) is 4.79 Å². The summed E-state index contributed by atoms with van der Waals surface area (Å²) >= 11 is 0. The normalized spacial score (nSPS) is 5.29. The van der Waals surface area contributed by atoms with Crippen LogP contribution in [0.15, 0.2) is 0 Å². The van der Waals surface area contributed by atoms with Crippen LogP contribution in [0.5, 0.6) is 0 Å². The van der Waals surface area contributed by atoms with Crippen LogP contribution in [0.1, 0.15) is 0 Å². The van der Waals surface area contributed by atoms with Crippen molar-refractivity contribution in [1.29, 1.82) is 0 Å². The van der Waals surface area contributed by atoms with E-state index in [1.807, 2.05) is 0 Å². The molecule has 45 valence electrons. The van der Waals surface area contributed by atoms with Crippen molar-refractivity contribution in [3.63, 3.8) is 0 Å². The predicted octanol–water partition coefficient (Wildman–Crippen LogP) is -1.80. The molecule has 0 aliphatic rings. The van der Waals surface area contributed by atoms with Crippen LogP contribution in [0, 0.1) is 0 Å². The number of carboxylic acids is 1. The van der Waals surface area contributed by atoms with Crippen LogP contribution in [-0.2, 0) is 21.9 Å². The number of carboxylic acid groups (broad SMARTS) is 1. The molecule has 0 bridgehead atoms. The molecular formula is C2H7MnNO3. The van der Waals surface area contributed by atoms with Crippen LogP contribution in [0.3, 0.4) is 0 Å². The quantitative estimate of drug-likeness (QED) is 0.429. The molecule has 0 amide bonds. The number of nitrogens with two attached hydrogens (primary N) is 1. The van der Waals surface area contributed by atoms with E-state index < -0.39 is 5.97 Å². The second kappa shape index (κ2) is 9.32. The molecule has 7 heavy (non-hydrogen) atoms. The molecule has 0 aliphatic carbocycles. The number of rotatable bonds is 1. The molecule has 0 rings (SSSR count). The second-order valence-corrected chi connectivity index (χ2v) is 0.598. The minimum Gasteiger partial charge on any atom is -0.480 e. The molecule has 0 aromatic rings. The van der Waals surface area contributed by atoms with Gasteiger partial charge in [0.2, 0.25) is 0 Å². The Kier molecular flexibility index (Phi) is 21.0. The second-order valence-electron chi connectivity index (χ2n) is 0.598. The molecule has 0 aromatic carbocycles. The predicted molar refractivity (Wildman–Crippen MR) is 20.3 cm³/mol. The molecule has 0 saturated heterocycles. The van der Waals surface area contributed by atoms with E-state index in [1.165, 1.54) is 0 Å². The van der Waals surface area contributed by atoms with E-state index in [4.69, 9.17) is 5.11 Å². The van der Waals surface area contributed by atoms with Crippen LogP contribution in [0.2, 0.25) is 0 Å². The van der Waals surface area contributed by atoms with Crippen molar-refractivity contribution < 1.29 is 32.4 Å². The standard InChI is InChI=1S/C2H5NO2.Mn.H2O/c3-1-2(4)5;;/h1,3H2,(H,4,5);;1H2. The van der Waals surface area contributed by atoms with Crippen molar-refractivity contribution in [3.8, 4) is 0 Å². The maximum absolute atomic E-state index is 9.24. The molecule has 0 saturated carbocycles. The van der Waals surface area contributed by atoms with Gasteiger partial charge in [-0.2, -0.15) is 0 Å². The molecule has 0 heterocycles. The van der Waals surface area contributed by atoms with Crippen molar-refractivity contribution in [1.82, 2.24) is 0 Å². The summed E-state index contributed by atoms with van der Waals surface area (Å²) in [5.41, 5.74) is 4.57. The fraction of sp³-hybridized carbons (Fsp3) is 0.500. The Labute approximate surface area is 51.5 Å². The Morgan fingerprint density at radius 3 is 1.86 bits per heavy atom. The van der Waals surface area contributed by atoms with Gasteiger partial charge in [0.05, 0.1) is 6.54 Å². The third-order valence-corrected chi connectivity index (χ3v) is 0.175. The molecular weight excluding hydrogens is 141 g/mol. The van der Waals surface area contributed by atoms with Gasteiger partial charge < -0.3 is 16.3 Å². The van der Waals surface area contributed by atoms with Gasteiger partial charge in [-0.25, -0.2) is 0 Å². The van der Waals surface area contributed by atoms with Gasteiger partial charge in [-0.1, -0.05) is 0 Å². The molecule has 0 unspecified atom stereocenters. The van der Waals surface area contributed by atoms with Gasteiger partial charge in [-0.3, -0.25) is 4.79 Å². The van der Waals surface area contributed by atoms with E-state index >= 15 is 0 Å². The van der Waals surface area contributed by atoms with E-state index in [1.54, 1.807) is 0 Å². The summed E-state index contributed by atoms with van der Waals surface area (Å²) in [6.07, 6.45) is 0. The Morgan fingerprint density at radius 2 is 1.86 bits per heavy atom. The van der Waals surface area contributed by atoms with Gasteiger partial charge in [0, 0.05) is 17.1 Å². The van der Waals surface area contributed by atoms with Gasteiger partial charge in [-0.15, -0.1) is 0 Å². The zero-order valence-corrected chi connectivity index (χ0v) is 4.70. The van der Waals surface area contributed by atoms with Crippen LogP contribution in [0.25, 0.3) is 0 Å². The van der Waals surface area contributed by atoms with Gasteiger partial charge in [0.15, 0.2) is 0 Å². The Hall–Kier alpha value is -0.0905. The SMILES string of the molecule is NCC(=O)O.O.[Mn]. The first-order valence-electron chi connectivity index (χ1n) is 1.19. The summed E-state index contributed by atoms with van der Waals surface area (Å²) in [6, 6.07) is 0. The molecule has 0 aliphatic heterocycles. The van der Waals surface area contributed by atoms with Crippen molar-refractivity contribution in [3.05, 3.63) is 0 Å². The van der Waals surface area contributed by atoms with E-state index in [2.05, 4.69) is 5.73 Å². The third kappa shape index (κ3) is 24.8. The van der Waals surface area contributed by atoms with Crippen LogP contribution in [-0.4, -0.2) is 23.1 Å². The summed E-state index contributed by atoms with van der Waals surface area (Å²) in [5.74, 6) is -0.968.